The van der Waals surface area contributed by atoms with E-state index in [1.165, 1.54) is 10.4 Å². The summed E-state index contributed by atoms with van der Waals surface area (Å²) in [5, 5.41) is 0. The van der Waals surface area contributed by atoms with Gasteiger partial charge in [-0.1, -0.05) is 6.07 Å². The number of nitrogens with zero attached hydrogens (tertiary/aromatic N) is 2. The van der Waals surface area contributed by atoms with Gasteiger partial charge in [0.1, 0.15) is 0 Å². The molecule has 138 valence electrons. The largest absolute Gasteiger partial charge is 0.378 e. The van der Waals surface area contributed by atoms with Crippen LogP contribution in [0.1, 0.15) is 42.5 Å². The van der Waals surface area contributed by atoms with Gasteiger partial charge >= 0.3 is 0 Å². The predicted molar refractivity (Wildman–Crippen MR) is 95.0 cm³/mol. The number of ether oxygens (including phenoxy) is 1. The summed E-state index contributed by atoms with van der Waals surface area (Å²) in [6.45, 7) is 2.76. The van der Waals surface area contributed by atoms with Gasteiger partial charge in [0.15, 0.2) is 0 Å². The van der Waals surface area contributed by atoms with Crippen LogP contribution < -0.4 is 0 Å². The van der Waals surface area contributed by atoms with E-state index in [-0.39, 0.29) is 16.9 Å². The van der Waals surface area contributed by atoms with Crippen molar-refractivity contribution in [2.75, 3.05) is 33.3 Å². The number of rotatable bonds is 7. The maximum atomic E-state index is 12.8. The van der Waals surface area contributed by atoms with Gasteiger partial charge in [-0.3, -0.25) is 4.79 Å². The number of likely N-dealkylation sites (tertiary alicyclic amines) is 1. The first-order valence-electron chi connectivity index (χ1n) is 8.96. The molecule has 0 aromatic heterocycles. The molecule has 3 rings (SSSR count). The first-order valence-corrected chi connectivity index (χ1v) is 10.4. The SMILES string of the molecule is CN(CCC[C@@H]1CCCO1)S(=O)(=O)c1cccc(C(=O)N2CCC2)c1. The second-order valence-electron chi connectivity index (χ2n) is 6.78. The molecule has 1 atom stereocenters. The number of carbonyl (C=O) groups is 1. The predicted octanol–water partition coefficient (Wildman–Crippen LogP) is 2.11. The molecule has 2 saturated heterocycles. The van der Waals surface area contributed by atoms with Crippen molar-refractivity contribution in [3.05, 3.63) is 29.8 Å². The zero-order valence-corrected chi connectivity index (χ0v) is 15.5. The fraction of sp³-hybridized carbons (Fsp3) is 0.611. The average molecular weight is 366 g/mol. The molecule has 2 aliphatic rings. The fourth-order valence-corrected chi connectivity index (χ4v) is 4.46. The Morgan fingerprint density at radius 3 is 2.76 bits per heavy atom. The third-order valence-corrected chi connectivity index (χ3v) is 6.81. The van der Waals surface area contributed by atoms with Gasteiger partial charge in [-0.15, -0.1) is 0 Å². The number of amides is 1. The first kappa shape index (κ1) is 18.4. The van der Waals surface area contributed by atoms with Crippen molar-refractivity contribution in [3.8, 4) is 0 Å². The average Bonchev–Trinajstić information content (AvgIpc) is 3.06. The van der Waals surface area contributed by atoms with Crippen LogP contribution in [0.3, 0.4) is 0 Å². The quantitative estimate of drug-likeness (QED) is 0.741. The second kappa shape index (κ2) is 7.85. The molecular formula is C18H26N2O4S. The fourth-order valence-electron chi connectivity index (χ4n) is 3.21. The van der Waals surface area contributed by atoms with Crippen LogP contribution in [0.25, 0.3) is 0 Å². The molecule has 1 amide bonds. The summed E-state index contributed by atoms with van der Waals surface area (Å²) in [6.07, 6.45) is 5.10. The Morgan fingerprint density at radius 1 is 1.32 bits per heavy atom. The lowest BCUT2D eigenvalue weighted by Crippen LogP contribution is -2.42. The van der Waals surface area contributed by atoms with Crippen LogP contribution >= 0.6 is 0 Å². The molecule has 2 aliphatic heterocycles. The molecular weight excluding hydrogens is 340 g/mol. The highest BCUT2D eigenvalue weighted by molar-refractivity contribution is 7.89. The molecule has 0 radical (unpaired) electrons. The van der Waals surface area contributed by atoms with Gasteiger partial charge in [-0.2, -0.15) is 0 Å². The van der Waals surface area contributed by atoms with Crippen LogP contribution in [0.15, 0.2) is 29.2 Å². The van der Waals surface area contributed by atoms with Gasteiger partial charge in [-0.25, -0.2) is 12.7 Å². The Labute approximate surface area is 149 Å². The minimum Gasteiger partial charge on any atom is -0.378 e. The highest BCUT2D eigenvalue weighted by Crippen LogP contribution is 2.21. The van der Waals surface area contributed by atoms with E-state index in [0.29, 0.717) is 12.1 Å². The Hall–Kier alpha value is -1.44. The topological polar surface area (TPSA) is 66.9 Å². The molecule has 0 spiro atoms. The van der Waals surface area contributed by atoms with Crippen LogP contribution in [0.4, 0.5) is 0 Å². The first-order chi connectivity index (χ1) is 12.0. The smallest absolute Gasteiger partial charge is 0.253 e. The molecule has 0 N–H and O–H groups in total. The highest BCUT2D eigenvalue weighted by atomic mass is 32.2. The number of carbonyl (C=O) groups excluding carboxylic acids is 1. The van der Waals surface area contributed by atoms with Crippen LogP contribution in [0.2, 0.25) is 0 Å². The number of hydrogen-bond donors (Lipinski definition) is 0. The van der Waals surface area contributed by atoms with Crippen molar-refractivity contribution in [2.24, 2.45) is 0 Å². The Bertz CT molecular complexity index is 710. The molecule has 6 nitrogen and oxygen atoms in total. The zero-order chi connectivity index (χ0) is 17.9. The summed E-state index contributed by atoms with van der Waals surface area (Å²) in [5.74, 6) is -0.0932. The van der Waals surface area contributed by atoms with E-state index >= 15 is 0 Å². The van der Waals surface area contributed by atoms with Gasteiger partial charge < -0.3 is 9.64 Å². The molecule has 25 heavy (non-hydrogen) atoms. The molecule has 1 aromatic rings. The molecule has 2 heterocycles. The molecule has 2 fully saturated rings. The molecule has 0 saturated carbocycles. The summed E-state index contributed by atoms with van der Waals surface area (Å²) in [6, 6.07) is 6.36. The maximum absolute atomic E-state index is 12.8. The van der Waals surface area contributed by atoms with E-state index in [2.05, 4.69) is 0 Å². The normalized spacial score (nSPS) is 20.7. The Balaban J connectivity index is 1.62. The van der Waals surface area contributed by atoms with E-state index in [0.717, 1.165) is 51.8 Å². The van der Waals surface area contributed by atoms with Gasteiger partial charge in [0.25, 0.3) is 5.91 Å². The minimum absolute atomic E-state index is 0.0932. The Morgan fingerprint density at radius 2 is 2.12 bits per heavy atom. The van der Waals surface area contributed by atoms with Crippen LogP contribution in [-0.2, 0) is 14.8 Å². The third kappa shape index (κ3) is 4.22. The van der Waals surface area contributed by atoms with Crippen LogP contribution in [-0.4, -0.2) is 62.9 Å². The van der Waals surface area contributed by atoms with Crippen molar-refractivity contribution in [1.29, 1.82) is 0 Å². The summed E-state index contributed by atoms with van der Waals surface area (Å²) >= 11 is 0. The molecule has 1 aromatic carbocycles. The van der Waals surface area contributed by atoms with Crippen molar-refractivity contribution < 1.29 is 17.9 Å². The minimum atomic E-state index is -3.58. The third-order valence-electron chi connectivity index (χ3n) is 4.96. The molecule has 0 bridgehead atoms. The number of sulfonamides is 1. The lowest BCUT2D eigenvalue weighted by molar-refractivity contribution is 0.0651. The monoisotopic (exact) mass is 366 g/mol. The van der Waals surface area contributed by atoms with Crippen LogP contribution in [0.5, 0.6) is 0 Å². The number of hydrogen-bond acceptors (Lipinski definition) is 4. The lowest BCUT2D eigenvalue weighted by Gasteiger charge is -2.31. The van der Waals surface area contributed by atoms with Crippen molar-refractivity contribution >= 4 is 15.9 Å². The molecule has 0 aliphatic carbocycles. The van der Waals surface area contributed by atoms with Gasteiger partial charge in [0.2, 0.25) is 10.0 Å². The van der Waals surface area contributed by atoms with E-state index in [9.17, 15) is 13.2 Å². The van der Waals surface area contributed by atoms with E-state index in [4.69, 9.17) is 4.74 Å². The molecule has 0 unspecified atom stereocenters. The zero-order valence-electron chi connectivity index (χ0n) is 14.7. The van der Waals surface area contributed by atoms with Gasteiger partial charge in [0.05, 0.1) is 11.0 Å². The summed E-state index contributed by atoms with van der Waals surface area (Å²) < 4.78 is 32.5. The van der Waals surface area contributed by atoms with Crippen LogP contribution in [0, 0.1) is 0 Å². The van der Waals surface area contributed by atoms with Gasteiger partial charge in [-0.05, 0) is 50.3 Å². The van der Waals surface area contributed by atoms with Crippen molar-refractivity contribution in [2.45, 2.75) is 43.1 Å². The summed E-state index contributed by atoms with van der Waals surface area (Å²) in [7, 11) is -1.99. The van der Waals surface area contributed by atoms with Crippen molar-refractivity contribution in [3.63, 3.8) is 0 Å². The highest BCUT2D eigenvalue weighted by Gasteiger charge is 2.25. The second-order valence-corrected chi connectivity index (χ2v) is 8.82. The van der Waals surface area contributed by atoms with E-state index in [1.807, 2.05) is 0 Å². The van der Waals surface area contributed by atoms with Crippen molar-refractivity contribution in [1.82, 2.24) is 9.21 Å². The molecule has 7 heteroatoms. The lowest BCUT2D eigenvalue weighted by atomic mass is 10.1. The van der Waals surface area contributed by atoms with E-state index in [1.54, 1.807) is 30.1 Å². The maximum Gasteiger partial charge on any atom is 0.253 e. The van der Waals surface area contributed by atoms with Gasteiger partial charge in [0, 0.05) is 38.9 Å². The number of benzene rings is 1. The summed E-state index contributed by atoms with van der Waals surface area (Å²) in [4.78, 5) is 14.2. The standard InChI is InChI=1S/C18H26N2O4S/c1-19(10-3-7-16-8-4-13-24-16)25(22,23)17-9-2-6-15(14-17)18(21)20-11-5-12-20/h2,6,9,14,16H,3-5,7-8,10-13H2,1H3/t16-/m1/s1. The Kier molecular flexibility index (Phi) is 5.76. The summed E-state index contributed by atoms with van der Waals surface area (Å²) in [5.41, 5.74) is 0.438. The van der Waals surface area contributed by atoms with E-state index < -0.39 is 10.0 Å².